The monoisotopic (exact) mass is 438 g/mol. The lowest BCUT2D eigenvalue weighted by molar-refractivity contribution is 0.207. The average molecular weight is 439 g/mol. The third kappa shape index (κ3) is 4.31. The molecule has 1 saturated heterocycles. The van der Waals surface area contributed by atoms with Crippen molar-refractivity contribution in [3.8, 4) is 5.75 Å². The molecule has 6 nitrogen and oxygen atoms in total. The highest BCUT2D eigenvalue weighted by Gasteiger charge is 2.31. The molecule has 3 heterocycles. The van der Waals surface area contributed by atoms with Gasteiger partial charge in [-0.2, -0.15) is 0 Å². The predicted octanol–water partition coefficient (Wildman–Crippen LogP) is 3.84. The third-order valence-electron chi connectivity index (χ3n) is 5.93. The molecule has 2 aromatic heterocycles. The summed E-state index contributed by atoms with van der Waals surface area (Å²) >= 11 is 6.30. The molecule has 0 saturated carbocycles. The van der Waals surface area contributed by atoms with Gasteiger partial charge in [-0.05, 0) is 49.7 Å². The molecular formula is C24H27ClN4O2. The van der Waals surface area contributed by atoms with Crippen molar-refractivity contribution in [1.82, 2.24) is 14.5 Å². The van der Waals surface area contributed by atoms with Crippen molar-refractivity contribution in [2.75, 3.05) is 31.1 Å². The van der Waals surface area contributed by atoms with E-state index in [4.69, 9.17) is 11.6 Å². The van der Waals surface area contributed by atoms with Crippen molar-refractivity contribution in [2.45, 2.75) is 26.4 Å². The molecule has 1 aliphatic heterocycles. The summed E-state index contributed by atoms with van der Waals surface area (Å²) in [5, 5.41) is 11.5. The van der Waals surface area contributed by atoms with Crippen LogP contribution in [0, 0.1) is 6.92 Å². The van der Waals surface area contributed by atoms with Crippen LogP contribution < -0.4 is 10.5 Å². The summed E-state index contributed by atoms with van der Waals surface area (Å²) in [5.74, 6) is 0.984. The number of benzene rings is 1. The Morgan fingerprint density at radius 1 is 1.10 bits per heavy atom. The zero-order valence-corrected chi connectivity index (χ0v) is 18.6. The maximum Gasteiger partial charge on any atom is 0.259 e. The van der Waals surface area contributed by atoms with Crippen molar-refractivity contribution in [2.24, 2.45) is 0 Å². The zero-order valence-electron chi connectivity index (χ0n) is 17.8. The molecule has 1 aromatic carbocycles. The number of nitrogens with zero attached hydrogens (tertiary/aromatic N) is 4. The van der Waals surface area contributed by atoms with Gasteiger partial charge in [0, 0.05) is 49.6 Å². The lowest BCUT2D eigenvalue weighted by Gasteiger charge is -2.40. The van der Waals surface area contributed by atoms with Gasteiger partial charge in [-0.1, -0.05) is 29.8 Å². The minimum absolute atomic E-state index is 0.0318. The minimum Gasteiger partial charge on any atom is -0.507 e. The van der Waals surface area contributed by atoms with Crippen LogP contribution in [0.2, 0.25) is 5.02 Å². The van der Waals surface area contributed by atoms with Gasteiger partial charge >= 0.3 is 0 Å². The molecule has 0 radical (unpaired) electrons. The standard InChI is InChI=1S/C24H27ClN4O2/c1-3-29-17(2)15-20(30)22(24(29)31)23(18-7-6-8-19(25)16-18)28-13-11-27(12-14-28)21-9-4-5-10-26-21/h4-10,15-16,23,30H,3,11-14H2,1-2H3/t23-/m0/s1. The van der Waals surface area contributed by atoms with E-state index in [9.17, 15) is 9.90 Å². The van der Waals surface area contributed by atoms with Gasteiger partial charge in [0.1, 0.15) is 11.6 Å². The number of aromatic nitrogens is 2. The Morgan fingerprint density at radius 2 is 1.87 bits per heavy atom. The first kappa shape index (κ1) is 21.4. The Kier molecular flexibility index (Phi) is 6.30. The largest absolute Gasteiger partial charge is 0.507 e. The average Bonchev–Trinajstić information content (AvgIpc) is 2.77. The van der Waals surface area contributed by atoms with E-state index in [0.29, 0.717) is 17.1 Å². The highest BCUT2D eigenvalue weighted by atomic mass is 35.5. The third-order valence-corrected chi connectivity index (χ3v) is 6.16. The number of hydrogen-bond acceptors (Lipinski definition) is 5. The fourth-order valence-corrected chi connectivity index (χ4v) is 4.60. The summed E-state index contributed by atoms with van der Waals surface area (Å²) in [6, 6.07) is 14.8. The minimum atomic E-state index is -0.379. The van der Waals surface area contributed by atoms with Gasteiger partial charge in [-0.15, -0.1) is 0 Å². The second-order valence-electron chi connectivity index (χ2n) is 7.80. The van der Waals surface area contributed by atoms with Crippen molar-refractivity contribution in [3.05, 3.63) is 86.9 Å². The summed E-state index contributed by atoms with van der Waals surface area (Å²) in [4.78, 5) is 22.3. The molecule has 0 amide bonds. The number of halogens is 1. The predicted molar refractivity (Wildman–Crippen MR) is 124 cm³/mol. The molecule has 1 aliphatic rings. The summed E-state index contributed by atoms with van der Waals surface area (Å²) < 4.78 is 1.71. The SMILES string of the molecule is CCn1c(C)cc(O)c([C@H](c2cccc(Cl)c2)N2CCN(c3ccccn3)CC2)c1=O. The lowest BCUT2D eigenvalue weighted by Crippen LogP contribution is -2.49. The van der Waals surface area contributed by atoms with Crippen LogP contribution in [-0.4, -0.2) is 45.7 Å². The van der Waals surface area contributed by atoms with E-state index in [1.807, 2.05) is 56.3 Å². The van der Waals surface area contributed by atoms with Gasteiger partial charge in [0.2, 0.25) is 0 Å². The zero-order chi connectivity index (χ0) is 22.0. The topological polar surface area (TPSA) is 61.6 Å². The molecule has 1 fully saturated rings. The summed E-state index contributed by atoms with van der Waals surface area (Å²) in [5.41, 5.74) is 1.90. The molecule has 0 aliphatic carbocycles. The van der Waals surface area contributed by atoms with Crippen LogP contribution in [0.4, 0.5) is 5.82 Å². The van der Waals surface area contributed by atoms with E-state index in [-0.39, 0.29) is 17.4 Å². The van der Waals surface area contributed by atoms with Crippen LogP contribution in [0.25, 0.3) is 0 Å². The van der Waals surface area contributed by atoms with Crippen LogP contribution in [-0.2, 0) is 6.54 Å². The van der Waals surface area contributed by atoms with E-state index in [1.165, 1.54) is 0 Å². The van der Waals surface area contributed by atoms with E-state index in [0.717, 1.165) is 43.3 Å². The molecular weight excluding hydrogens is 412 g/mol. The molecule has 3 aromatic rings. The van der Waals surface area contributed by atoms with Gasteiger partial charge in [0.25, 0.3) is 5.56 Å². The fraction of sp³-hybridized carbons (Fsp3) is 0.333. The molecule has 1 N–H and O–H groups in total. The van der Waals surface area contributed by atoms with Gasteiger partial charge < -0.3 is 14.6 Å². The van der Waals surface area contributed by atoms with Gasteiger partial charge in [0.05, 0.1) is 11.6 Å². The molecule has 0 spiro atoms. The summed E-state index contributed by atoms with van der Waals surface area (Å²) in [6.45, 7) is 7.35. The highest BCUT2D eigenvalue weighted by Crippen LogP contribution is 2.34. The van der Waals surface area contributed by atoms with E-state index in [2.05, 4.69) is 14.8 Å². The number of hydrogen-bond donors (Lipinski definition) is 1. The Hall–Kier alpha value is -2.83. The number of aromatic hydroxyl groups is 1. The quantitative estimate of drug-likeness (QED) is 0.655. The normalized spacial score (nSPS) is 15.8. The molecule has 1 atom stereocenters. The van der Waals surface area contributed by atoms with Crippen LogP contribution in [0.15, 0.2) is 59.5 Å². The second kappa shape index (κ2) is 9.12. The molecule has 4 rings (SSSR count). The first-order chi connectivity index (χ1) is 15.0. The van der Waals surface area contributed by atoms with Crippen molar-refractivity contribution < 1.29 is 5.11 Å². The van der Waals surface area contributed by atoms with Gasteiger partial charge in [-0.3, -0.25) is 9.69 Å². The van der Waals surface area contributed by atoms with Crippen LogP contribution in [0.3, 0.4) is 0 Å². The van der Waals surface area contributed by atoms with Crippen molar-refractivity contribution in [1.29, 1.82) is 0 Å². The number of pyridine rings is 2. The number of piperazine rings is 1. The fourth-order valence-electron chi connectivity index (χ4n) is 4.41. The number of rotatable bonds is 5. The van der Waals surface area contributed by atoms with Gasteiger partial charge in [-0.25, -0.2) is 4.98 Å². The van der Waals surface area contributed by atoms with Crippen LogP contribution in [0.5, 0.6) is 5.75 Å². The lowest BCUT2D eigenvalue weighted by atomic mass is 9.96. The molecule has 0 bridgehead atoms. The van der Waals surface area contributed by atoms with Crippen LogP contribution >= 0.6 is 11.6 Å². The molecule has 31 heavy (non-hydrogen) atoms. The first-order valence-corrected chi connectivity index (χ1v) is 11.0. The van der Waals surface area contributed by atoms with Crippen LogP contribution in [0.1, 0.15) is 29.8 Å². The maximum absolute atomic E-state index is 13.4. The van der Waals surface area contributed by atoms with E-state index in [1.54, 1.807) is 16.8 Å². The summed E-state index contributed by atoms with van der Waals surface area (Å²) in [7, 11) is 0. The summed E-state index contributed by atoms with van der Waals surface area (Å²) in [6.07, 6.45) is 1.80. The highest BCUT2D eigenvalue weighted by molar-refractivity contribution is 6.30. The van der Waals surface area contributed by atoms with E-state index < -0.39 is 0 Å². The number of aryl methyl sites for hydroxylation is 1. The van der Waals surface area contributed by atoms with Crippen molar-refractivity contribution in [3.63, 3.8) is 0 Å². The van der Waals surface area contributed by atoms with E-state index >= 15 is 0 Å². The Bertz CT molecular complexity index is 1110. The first-order valence-electron chi connectivity index (χ1n) is 10.6. The molecule has 7 heteroatoms. The van der Waals surface area contributed by atoms with Gasteiger partial charge in [0.15, 0.2) is 0 Å². The van der Waals surface area contributed by atoms with Crippen molar-refractivity contribution >= 4 is 17.4 Å². The molecule has 0 unspecified atom stereocenters. The Balaban J connectivity index is 1.73. The molecule has 162 valence electrons. The number of anilines is 1. The smallest absolute Gasteiger partial charge is 0.259 e. The maximum atomic E-state index is 13.4. The Labute approximate surface area is 187 Å². The Morgan fingerprint density at radius 3 is 2.52 bits per heavy atom. The second-order valence-corrected chi connectivity index (χ2v) is 8.24.